The minimum atomic E-state index is -0.437. The molecule has 0 saturated carbocycles. The van der Waals surface area contributed by atoms with E-state index < -0.39 is 5.56 Å². The van der Waals surface area contributed by atoms with E-state index in [1.165, 1.54) is 16.4 Å². The molecule has 3 rings (SSSR count). The third-order valence-electron chi connectivity index (χ3n) is 4.24. The molecule has 1 heterocycles. The van der Waals surface area contributed by atoms with Crippen LogP contribution in [-0.2, 0) is 0 Å². The average Bonchev–Trinajstić information content (AvgIpc) is 2.72. The first-order valence-corrected chi connectivity index (χ1v) is 9.18. The monoisotopic (exact) mass is 396 g/mol. The van der Waals surface area contributed by atoms with E-state index in [-0.39, 0.29) is 5.02 Å². The number of hydrogen-bond donors (Lipinski definition) is 1. The van der Waals surface area contributed by atoms with Crippen molar-refractivity contribution in [3.05, 3.63) is 81.2 Å². The van der Waals surface area contributed by atoms with Crippen molar-refractivity contribution in [1.82, 2.24) is 9.78 Å². The second kappa shape index (κ2) is 8.71. The normalized spacial score (nSPS) is 11.2. The van der Waals surface area contributed by atoms with Crippen LogP contribution in [0.4, 0.5) is 5.69 Å². The Balaban J connectivity index is 1.76. The largest absolute Gasteiger partial charge is 0.497 e. The fourth-order valence-electron chi connectivity index (χ4n) is 2.56. The number of rotatable bonds is 6. The second-order valence-corrected chi connectivity index (χ2v) is 6.86. The van der Waals surface area contributed by atoms with Crippen LogP contribution < -0.4 is 15.7 Å². The van der Waals surface area contributed by atoms with Gasteiger partial charge in [0.1, 0.15) is 16.5 Å². The third-order valence-corrected chi connectivity index (χ3v) is 4.60. The molecule has 0 aliphatic rings. The molecule has 0 fully saturated rings. The van der Waals surface area contributed by atoms with E-state index in [1.54, 1.807) is 37.6 Å². The second-order valence-electron chi connectivity index (χ2n) is 6.48. The minimum absolute atomic E-state index is 0.0122. The Morgan fingerprint density at radius 2 is 1.82 bits per heavy atom. The summed E-state index contributed by atoms with van der Waals surface area (Å²) in [5, 5.41) is 8.33. The number of nitrogens with one attached hydrogen (secondary N) is 1. The van der Waals surface area contributed by atoms with Gasteiger partial charge in [0.15, 0.2) is 0 Å². The molecule has 7 heteroatoms. The van der Waals surface area contributed by atoms with E-state index >= 15 is 0 Å². The highest BCUT2D eigenvalue weighted by molar-refractivity contribution is 6.32. The van der Waals surface area contributed by atoms with E-state index in [2.05, 4.69) is 41.6 Å². The lowest BCUT2D eigenvalue weighted by atomic mass is 10.0. The first kappa shape index (κ1) is 19.6. The molecule has 1 N–H and O–H groups in total. The summed E-state index contributed by atoms with van der Waals surface area (Å²) in [5.74, 6) is 1.17. The van der Waals surface area contributed by atoms with Gasteiger partial charge in [-0.25, -0.2) is 0 Å². The molecule has 2 aromatic carbocycles. The Kier molecular flexibility index (Phi) is 6.11. The number of methoxy groups -OCH3 is 1. The summed E-state index contributed by atoms with van der Waals surface area (Å²) in [6, 6.07) is 15.1. The van der Waals surface area contributed by atoms with Crippen LogP contribution in [0.3, 0.4) is 0 Å². The van der Waals surface area contributed by atoms with Crippen LogP contribution in [0.25, 0.3) is 5.69 Å². The van der Waals surface area contributed by atoms with Gasteiger partial charge in [-0.15, -0.1) is 0 Å². The first-order valence-electron chi connectivity index (χ1n) is 8.81. The molecule has 28 heavy (non-hydrogen) atoms. The van der Waals surface area contributed by atoms with Crippen LogP contribution >= 0.6 is 11.6 Å². The summed E-state index contributed by atoms with van der Waals surface area (Å²) in [7, 11) is 1.58. The van der Waals surface area contributed by atoms with Crippen molar-refractivity contribution in [2.45, 2.75) is 19.8 Å². The topological polar surface area (TPSA) is 68.5 Å². The molecule has 0 unspecified atom stereocenters. The summed E-state index contributed by atoms with van der Waals surface area (Å²) < 4.78 is 6.34. The van der Waals surface area contributed by atoms with E-state index in [4.69, 9.17) is 16.3 Å². The SMILES string of the molecule is COc1ccc(-n2ncc(N/N=C\c3ccc(C(C)C)cc3)c(Cl)c2=O)cc1. The molecule has 0 amide bonds. The Labute approximate surface area is 168 Å². The summed E-state index contributed by atoms with van der Waals surface area (Å²) in [5.41, 5.74) is 5.47. The molecule has 0 aliphatic heterocycles. The van der Waals surface area contributed by atoms with Crippen molar-refractivity contribution >= 4 is 23.5 Å². The van der Waals surface area contributed by atoms with Crippen LogP contribution in [0.15, 0.2) is 64.6 Å². The maximum atomic E-state index is 12.5. The molecule has 3 aromatic rings. The lowest BCUT2D eigenvalue weighted by Gasteiger charge is -2.08. The molecule has 6 nitrogen and oxygen atoms in total. The predicted octanol–water partition coefficient (Wildman–Crippen LogP) is 4.46. The van der Waals surface area contributed by atoms with Crippen LogP contribution in [-0.4, -0.2) is 23.1 Å². The van der Waals surface area contributed by atoms with Crippen LogP contribution in [0, 0.1) is 0 Å². The van der Waals surface area contributed by atoms with Gasteiger partial charge in [-0.2, -0.15) is 14.9 Å². The van der Waals surface area contributed by atoms with Crippen LogP contribution in [0.1, 0.15) is 30.9 Å². The lowest BCUT2D eigenvalue weighted by molar-refractivity contribution is 0.414. The molecule has 0 spiro atoms. The maximum Gasteiger partial charge on any atom is 0.292 e. The average molecular weight is 397 g/mol. The zero-order valence-electron chi connectivity index (χ0n) is 15.9. The lowest BCUT2D eigenvalue weighted by Crippen LogP contribution is -2.22. The Bertz CT molecular complexity index is 1030. The quantitative estimate of drug-likeness (QED) is 0.493. The molecular weight excluding hydrogens is 376 g/mol. The number of anilines is 1. The van der Waals surface area contributed by atoms with E-state index in [9.17, 15) is 4.79 Å². The van der Waals surface area contributed by atoms with Crippen molar-refractivity contribution < 1.29 is 4.74 Å². The van der Waals surface area contributed by atoms with Crippen LogP contribution in [0.5, 0.6) is 5.75 Å². The fraction of sp³-hybridized carbons (Fsp3) is 0.190. The van der Waals surface area contributed by atoms with Gasteiger partial charge in [-0.3, -0.25) is 10.2 Å². The molecule has 0 bridgehead atoms. The third kappa shape index (κ3) is 4.40. The van der Waals surface area contributed by atoms with Gasteiger partial charge in [-0.05, 0) is 41.3 Å². The molecule has 1 aromatic heterocycles. The predicted molar refractivity (Wildman–Crippen MR) is 113 cm³/mol. The highest BCUT2D eigenvalue weighted by atomic mass is 35.5. The van der Waals surface area contributed by atoms with Gasteiger partial charge < -0.3 is 4.74 Å². The number of halogens is 1. The van der Waals surface area contributed by atoms with E-state index in [1.807, 2.05) is 12.1 Å². The minimum Gasteiger partial charge on any atom is -0.497 e. The number of hydrazone groups is 1. The molecule has 0 saturated heterocycles. The number of nitrogens with zero attached hydrogens (tertiary/aromatic N) is 3. The highest BCUT2D eigenvalue weighted by Gasteiger charge is 2.10. The van der Waals surface area contributed by atoms with Crippen molar-refractivity contribution in [1.29, 1.82) is 0 Å². The van der Waals surface area contributed by atoms with Crippen molar-refractivity contribution in [2.24, 2.45) is 5.10 Å². The number of ether oxygens (including phenoxy) is 1. The number of aromatic nitrogens is 2. The van der Waals surface area contributed by atoms with Gasteiger partial charge in [-0.1, -0.05) is 49.7 Å². The standard InChI is InChI=1S/C21H21ClN4O2/c1-14(2)16-6-4-15(5-7-16)12-23-25-19-13-24-26(21(27)20(19)22)17-8-10-18(28-3)11-9-17/h4-14,25H,1-3H3/b23-12-. The Morgan fingerprint density at radius 1 is 1.14 bits per heavy atom. The van der Waals surface area contributed by atoms with Gasteiger partial charge in [0, 0.05) is 0 Å². The smallest absolute Gasteiger partial charge is 0.292 e. The van der Waals surface area contributed by atoms with Gasteiger partial charge in [0.2, 0.25) is 0 Å². The van der Waals surface area contributed by atoms with E-state index in [0.29, 0.717) is 23.0 Å². The zero-order chi connectivity index (χ0) is 20.1. The van der Waals surface area contributed by atoms with Gasteiger partial charge >= 0.3 is 0 Å². The molecule has 144 valence electrons. The zero-order valence-corrected chi connectivity index (χ0v) is 16.6. The first-order chi connectivity index (χ1) is 13.5. The summed E-state index contributed by atoms with van der Waals surface area (Å²) >= 11 is 6.21. The van der Waals surface area contributed by atoms with Gasteiger partial charge in [0.05, 0.1) is 25.2 Å². The summed E-state index contributed by atoms with van der Waals surface area (Å²) in [6.07, 6.45) is 3.13. The van der Waals surface area contributed by atoms with Crippen LogP contribution in [0.2, 0.25) is 5.02 Å². The Morgan fingerprint density at radius 3 is 2.43 bits per heavy atom. The molecule has 0 aliphatic carbocycles. The number of hydrogen-bond acceptors (Lipinski definition) is 5. The summed E-state index contributed by atoms with van der Waals surface area (Å²) in [6.45, 7) is 4.29. The highest BCUT2D eigenvalue weighted by Crippen LogP contribution is 2.18. The van der Waals surface area contributed by atoms with Crippen molar-refractivity contribution in [3.8, 4) is 11.4 Å². The van der Waals surface area contributed by atoms with E-state index in [0.717, 1.165) is 5.56 Å². The number of benzene rings is 2. The molecule has 0 radical (unpaired) electrons. The fourth-order valence-corrected chi connectivity index (χ4v) is 2.73. The van der Waals surface area contributed by atoms with Gasteiger partial charge in [0.25, 0.3) is 5.56 Å². The van der Waals surface area contributed by atoms with Crippen molar-refractivity contribution in [2.75, 3.05) is 12.5 Å². The summed E-state index contributed by atoms with van der Waals surface area (Å²) in [4.78, 5) is 12.5. The van der Waals surface area contributed by atoms with Crippen molar-refractivity contribution in [3.63, 3.8) is 0 Å². The maximum absolute atomic E-state index is 12.5. The molecular formula is C21H21ClN4O2. The Hall–Kier alpha value is -3.12. The molecule has 0 atom stereocenters.